The van der Waals surface area contributed by atoms with Crippen LogP contribution in [0.15, 0.2) is 17.2 Å². The number of sulfone groups is 1. The quantitative estimate of drug-likeness (QED) is 0.658. The molecule has 7 heteroatoms. The first kappa shape index (κ1) is 9.20. The smallest absolute Gasteiger partial charge is 0.290 e. The Morgan fingerprint density at radius 3 is 2.79 bits per heavy atom. The maximum atomic E-state index is 11.1. The Kier molecular flexibility index (Phi) is 2.03. The average Bonchev–Trinajstić information content (AvgIpc) is 2.05. The van der Waals surface area contributed by atoms with Crippen LogP contribution in [0.5, 0.6) is 0 Å². The molecule has 0 spiro atoms. The predicted octanol–water partition coefficient (Wildman–Crippen LogP) is -1.02. The summed E-state index contributed by atoms with van der Waals surface area (Å²) in [7, 11) is -2.87. The maximum Gasteiger partial charge on any atom is 0.290 e. The van der Waals surface area contributed by atoms with Gasteiger partial charge in [0.15, 0.2) is 15.7 Å². The van der Waals surface area contributed by atoms with E-state index in [1.807, 2.05) is 0 Å². The first-order valence-electron chi connectivity index (χ1n) is 4.07. The van der Waals surface area contributed by atoms with Crippen molar-refractivity contribution in [1.82, 2.24) is 9.97 Å². The number of rotatable bonds is 2. The normalized spacial score (nSPS) is 20.0. The zero-order chi connectivity index (χ0) is 10.2. The highest BCUT2D eigenvalue weighted by molar-refractivity contribution is 7.92. The van der Waals surface area contributed by atoms with Gasteiger partial charge in [0.2, 0.25) is 0 Å². The van der Waals surface area contributed by atoms with Crippen LogP contribution in [0.1, 0.15) is 0 Å². The van der Waals surface area contributed by atoms with Gasteiger partial charge < -0.3 is 10.3 Å². The van der Waals surface area contributed by atoms with Gasteiger partial charge in [0.25, 0.3) is 5.56 Å². The molecule has 1 saturated heterocycles. The molecule has 0 radical (unpaired) electrons. The highest BCUT2D eigenvalue weighted by atomic mass is 32.2. The van der Waals surface area contributed by atoms with Gasteiger partial charge in [-0.1, -0.05) is 0 Å². The predicted molar refractivity (Wildman–Crippen MR) is 50.9 cm³/mol. The van der Waals surface area contributed by atoms with Gasteiger partial charge in [0, 0.05) is 12.4 Å². The molecular weight excluding hydrogens is 206 g/mol. The van der Waals surface area contributed by atoms with Crippen molar-refractivity contribution in [3.63, 3.8) is 0 Å². The number of H-pyrrole nitrogens is 1. The molecule has 0 saturated carbocycles. The van der Waals surface area contributed by atoms with E-state index in [2.05, 4.69) is 15.3 Å². The number of anilines is 1. The molecule has 0 unspecified atom stereocenters. The zero-order valence-electron chi connectivity index (χ0n) is 7.23. The minimum atomic E-state index is -2.87. The fraction of sp³-hybridized carbons (Fsp3) is 0.429. The van der Waals surface area contributed by atoms with E-state index in [0.29, 0.717) is 0 Å². The Balaban J connectivity index is 2.07. The average molecular weight is 215 g/mol. The first-order chi connectivity index (χ1) is 6.57. The molecular formula is C7H9N3O3S. The highest BCUT2D eigenvalue weighted by Gasteiger charge is 2.33. The second kappa shape index (κ2) is 3.09. The summed E-state index contributed by atoms with van der Waals surface area (Å²) in [5.74, 6) is 0.318. The van der Waals surface area contributed by atoms with E-state index in [1.54, 1.807) is 0 Å². The molecule has 1 fully saturated rings. The van der Waals surface area contributed by atoms with Crippen LogP contribution in [-0.2, 0) is 9.84 Å². The van der Waals surface area contributed by atoms with Crippen LogP contribution in [0.4, 0.5) is 5.82 Å². The number of nitrogens with zero attached hydrogens (tertiary/aromatic N) is 1. The minimum Gasteiger partial charge on any atom is -0.361 e. The number of aromatic nitrogens is 2. The van der Waals surface area contributed by atoms with Gasteiger partial charge in [-0.05, 0) is 0 Å². The van der Waals surface area contributed by atoms with Gasteiger partial charge in [0.1, 0.15) is 0 Å². The maximum absolute atomic E-state index is 11.1. The molecule has 1 aromatic heterocycles. The summed E-state index contributed by atoms with van der Waals surface area (Å²) >= 11 is 0. The van der Waals surface area contributed by atoms with E-state index in [4.69, 9.17) is 0 Å². The van der Waals surface area contributed by atoms with Crippen LogP contribution in [0.3, 0.4) is 0 Å². The summed E-state index contributed by atoms with van der Waals surface area (Å²) in [6.07, 6.45) is 2.86. The fourth-order valence-electron chi connectivity index (χ4n) is 1.30. The zero-order valence-corrected chi connectivity index (χ0v) is 8.04. The molecule has 0 bridgehead atoms. The van der Waals surface area contributed by atoms with Crippen molar-refractivity contribution in [2.45, 2.75) is 6.04 Å². The molecule has 1 aliphatic rings. The van der Waals surface area contributed by atoms with Gasteiger partial charge in [-0.2, -0.15) is 0 Å². The van der Waals surface area contributed by atoms with Gasteiger partial charge in [-0.25, -0.2) is 13.4 Å². The first-order valence-corrected chi connectivity index (χ1v) is 5.90. The van der Waals surface area contributed by atoms with E-state index in [0.717, 1.165) is 0 Å². The summed E-state index contributed by atoms with van der Waals surface area (Å²) in [6.45, 7) is 0. The Hall–Kier alpha value is -1.37. The van der Waals surface area contributed by atoms with E-state index in [-0.39, 0.29) is 28.9 Å². The summed E-state index contributed by atoms with van der Waals surface area (Å²) in [5, 5.41) is 2.77. The van der Waals surface area contributed by atoms with Crippen LogP contribution in [0, 0.1) is 0 Å². The molecule has 14 heavy (non-hydrogen) atoms. The number of hydrogen-bond acceptors (Lipinski definition) is 5. The lowest BCUT2D eigenvalue weighted by Gasteiger charge is -2.26. The van der Waals surface area contributed by atoms with Gasteiger partial charge in [0.05, 0.1) is 17.5 Å². The minimum absolute atomic E-state index is 0.0724. The molecule has 2 N–H and O–H groups in total. The van der Waals surface area contributed by atoms with E-state index in [9.17, 15) is 13.2 Å². The second-order valence-electron chi connectivity index (χ2n) is 3.19. The lowest BCUT2D eigenvalue weighted by Crippen LogP contribution is -2.47. The Morgan fingerprint density at radius 1 is 1.50 bits per heavy atom. The molecule has 2 rings (SSSR count). The number of nitrogens with one attached hydrogen (secondary N) is 2. The molecule has 0 amide bonds. The van der Waals surface area contributed by atoms with Crippen LogP contribution in [0.2, 0.25) is 0 Å². The molecule has 0 atom stereocenters. The van der Waals surface area contributed by atoms with E-state index < -0.39 is 9.84 Å². The number of hydrogen-bond donors (Lipinski definition) is 2. The summed E-state index contributed by atoms with van der Waals surface area (Å²) in [6, 6.07) is -0.184. The molecule has 0 aromatic carbocycles. The molecule has 0 aliphatic carbocycles. The molecule has 1 aromatic rings. The Bertz CT molecular complexity index is 481. The SMILES string of the molecule is O=c1[nH]ccnc1NC1CS(=O)(=O)C1. The molecule has 76 valence electrons. The van der Waals surface area contributed by atoms with Crippen molar-refractivity contribution in [2.24, 2.45) is 0 Å². The summed E-state index contributed by atoms with van der Waals surface area (Å²) in [4.78, 5) is 17.4. The molecule has 2 heterocycles. The van der Waals surface area contributed by atoms with Crippen LogP contribution >= 0.6 is 0 Å². The Labute approximate surface area is 80.3 Å². The van der Waals surface area contributed by atoms with E-state index in [1.165, 1.54) is 12.4 Å². The van der Waals surface area contributed by atoms with Crippen molar-refractivity contribution < 1.29 is 8.42 Å². The van der Waals surface area contributed by atoms with Gasteiger partial charge >= 0.3 is 0 Å². The van der Waals surface area contributed by atoms with Crippen LogP contribution in [0.25, 0.3) is 0 Å². The van der Waals surface area contributed by atoms with Crippen LogP contribution < -0.4 is 10.9 Å². The topological polar surface area (TPSA) is 91.9 Å². The van der Waals surface area contributed by atoms with Gasteiger partial charge in [-0.15, -0.1) is 0 Å². The third-order valence-electron chi connectivity index (χ3n) is 1.96. The van der Waals surface area contributed by atoms with Crippen molar-refractivity contribution in [3.8, 4) is 0 Å². The Morgan fingerprint density at radius 2 is 2.21 bits per heavy atom. The lowest BCUT2D eigenvalue weighted by molar-refractivity contribution is 0.570. The van der Waals surface area contributed by atoms with Crippen LogP contribution in [-0.4, -0.2) is 35.9 Å². The standard InChI is InChI=1S/C7H9N3O3S/c11-7-6(8-1-2-9-7)10-5-3-14(12,13)4-5/h1-2,5H,3-4H2,(H,8,10)(H,9,11). The summed E-state index contributed by atoms with van der Waals surface area (Å²) in [5.41, 5.74) is -0.336. The monoisotopic (exact) mass is 215 g/mol. The van der Waals surface area contributed by atoms with Crippen molar-refractivity contribution >= 4 is 15.7 Å². The highest BCUT2D eigenvalue weighted by Crippen LogP contribution is 2.13. The molecule has 1 aliphatic heterocycles. The fourth-order valence-corrected chi connectivity index (χ4v) is 2.59. The third kappa shape index (κ3) is 1.77. The molecule has 6 nitrogen and oxygen atoms in total. The second-order valence-corrected chi connectivity index (χ2v) is 5.34. The van der Waals surface area contributed by atoms with Gasteiger partial charge in [-0.3, -0.25) is 4.79 Å². The lowest BCUT2D eigenvalue weighted by atomic mass is 10.4. The number of aromatic amines is 1. The van der Waals surface area contributed by atoms with E-state index >= 15 is 0 Å². The summed E-state index contributed by atoms with van der Waals surface area (Å²) < 4.78 is 21.7. The van der Waals surface area contributed by atoms with Crippen molar-refractivity contribution in [3.05, 3.63) is 22.7 Å². The largest absolute Gasteiger partial charge is 0.361 e. The van der Waals surface area contributed by atoms with Crippen molar-refractivity contribution in [2.75, 3.05) is 16.8 Å². The van der Waals surface area contributed by atoms with Crippen molar-refractivity contribution in [1.29, 1.82) is 0 Å². The third-order valence-corrected chi connectivity index (χ3v) is 3.78.